The van der Waals surface area contributed by atoms with Crippen molar-refractivity contribution in [3.8, 4) is 0 Å². The third kappa shape index (κ3) is 1.43. The van der Waals surface area contributed by atoms with Gasteiger partial charge in [-0.25, -0.2) is 0 Å². The van der Waals surface area contributed by atoms with Gasteiger partial charge < -0.3 is 0 Å². The van der Waals surface area contributed by atoms with Crippen molar-refractivity contribution < 1.29 is 26.5 Å². The summed E-state index contributed by atoms with van der Waals surface area (Å²) in [5.41, 5.74) is 0. The molecule has 2 N–H and O–H groups in total. The molecular formula is C4H10IN. The first-order valence-electron chi connectivity index (χ1n) is 2.35. The summed E-state index contributed by atoms with van der Waals surface area (Å²) >= 11 is 0.683. The summed E-state index contributed by atoms with van der Waals surface area (Å²) in [6.45, 7) is 2.85. The molecule has 0 amide bonds. The van der Waals surface area contributed by atoms with E-state index in [4.69, 9.17) is 0 Å². The number of rotatable bonds is 0. The number of hydrogen-bond donors (Lipinski definition) is 1. The Morgan fingerprint density at radius 3 is 2.00 bits per heavy atom. The summed E-state index contributed by atoms with van der Waals surface area (Å²) in [7, 11) is 0. The summed E-state index contributed by atoms with van der Waals surface area (Å²) in [4.78, 5) is 0. The van der Waals surface area contributed by atoms with Crippen LogP contribution in [0.1, 0.15) is 0 Å². The molecule has 6 heavy (non-hydrogen) atoms. The summed E-state index contributed by atoms with van der Waals surface area (Å²) in [6, 6.07) is 0. The molecule has 0 atom stereocenters. The van der Waals surface area contributed by atoms with Crippen LogP contribution in [0.25, 0.3) is 0 Å². The van der Waals surface area contributed by atoms with E-state index in [-0.39, 0.29) is 0 Å². The van der Waals surface area contributed by atoms with E-state index in [1.807, 2.05) is 0 Å². The second-order valence-electron chi connectivity index (χ2n) is 1.43. The standard InChI is InChI=1S/C4H9IN/c1-3-6-4-2-5-1/h6H,1-4H2/q-1/p+1. The van der Waals surface area contributed by atoms with E-state index in [2.05, 4.69) is 5.32 Å². The maximum atomic E-state index is 2.42. The van der Waals surface area contributed by atoms with Crippen molar-refractivity contribution in [2.24, 2.45) is 0 Å². The van der Waals surface area contributed by atoms with Gasteiger partial charge in [-0.1, -0.05) is 0 Å². The van der Waals surface area contributed by atoms with E-state index in [1.54, 1.807) is 8.86 Å². The van der Waals surface area contributed by atoms with Crippen LogP contribution < -0.4 is 26.5 Å². The molecular weight excluding hydrogens is 189 g/mol. The molecule has 0 aromatic heterocycles. The topological polar surface area (TPSA) is 16.6 Å². The average molecular weight is 199 g/mol. The van der Waals surface area contributed by atoms with Gasteiger partial charge in [0, 0.05) is 0 Å². The van der Waals surface area contributed by atoms with Crippen LogP contribution in [0.3, 0.4) is 0 Å². The van der Waals surface area contributed by atoms with Gasteiger partial charge >= 0.3 is 48.5 Å². The fraction of sp³-hybridized carbons (Fsp3) is 1.00. The van der Waals surface area contributed by atoms with Crippen LogP contribution in [0.4, 0.5) is 0 Å². The Morgan fingerprint density at radius 2 is 1.83 bits per heavy atom. The average Bonchev–Trinajstić information content (AvgIpc) is 1.72. The van der Waals surface area contributed by atoms with Gasteiger partial charge in [-0.3, -0.25) is 0 Å². The van der Waals surface area contributed by atoms with Gasteiger partial charge in [-0.15, -0.1) is 0 Å². The molecule has 0 aromatic carbocycles. The second-order valence-corrected chi connectivity index (χ2v) is 4.67. The molecule has 0 aromatic rings. The van der Waals surface area contributed by atoms with Crippen molar-refractivity contribution >= 4 is 0 Å². The van der Waals surface area contributed by atoms with Crippen molar-refractivity contribution in [2.75, 3.05) is 21.9 Å². The van der Waals surface area contributed by atoms with Crippen LogP contribution >= 0.6 is 0 Å². The van der Waals surface area contributed by atoms with Crippen molar-refractivity contribution in [1.82, 2.24) is 0 Å². The molecule has 0 bridgehead atoms. The van der Waals surface area contributed by atoms with Crippen LogP contribution in [0.15, 0.2) is 0 Å². The molecule has 1 heterocycles. The predicted octanol–water partition coefficient (Wildman–Crippen LogP) is -4.35. The van der Waals surface area contributed by atoms with Crippen LogP contribution in [0.2, 0.25) is 0 Å². The minimum absolute atomic E-state index is 0.683. The molecule has 1 aliphatic heterocycles. The Bertz CT molecular complexity index is 23.0. The van der Waals surface area contributed by atoms with Crippen molar-refractivity contribution in [1.29, 1.82) is 0 Å². The van der Waals surface area contributed by atoms with Gasteiger partial charge in [-0.05, 0) is 0 Å². The van der Waals surface area contributed by atoms with E-state index in [9.17, 15) is 0 Å². The number of quaternary nitrogens is 1. The third-order valence-corrected chi connectivity index (χ3v) is 3.66. The van der Waals surface area contributed by atoms with E-state index in [0.29, 0.717) is 21.2 Å². The van der Waals surface area contributed by atoms with Crippen molar-refractivity contribution in [3.05, 3.63) is 0 Å². The Kier molecular flexibility index (Phi) is 2.26. The van der Waals surface area contributed by atoms with E-state index in [0.717, 1.165) is 0 Å². The molecule has 0 radical (unpaired) electrons. The summed E-state index contributed by atoms with van der Waals surface area (Å²) in [6.07, 6.45) is 0. The maximum absolute atomic E-state index is 2.42. The first-order chi connectivity index (χ1) is 3.00. The zero-order valence-electron chi connectivity index (χ0n) is 3.78. The van der Waals surface area contributed by atoms with E-state index < -0.39 is 0 Å². The van der Waals surface area contributed by atoms with Crippen molar-refractivity contribution in [3.63, 3.8) is 0 Å². The van der Waals surface area contributed by atoms with Crippen LogP contribution in [0.5, 0.6) is 0 Å². The number of hydrogen-bond acceptors (Lipinski definition) is 0. The van der Waals surface area contributed by atoms with E-state index in [1.165, 1.54) is 13.1 Å². The quantitative estimate of drug-likeness (QED) is 0.300. The fourth-order valence-electron chi connectivity index (χ4n) is 0.547. The molecule has 1 rings (SSSR count). The van der Waals surface area contributed by atoms with Crippen LogP contribution in [-0.4, -0.2) is 21.9 Å². The third-order valence-electron chi connectivity index (χ3n) is 0.894. The minimum atomic E-state index is 0.683. The van der Waals surface area contributed by atoms with Gasteiger partial charge in [0.1, 0.15) is 0 Å². The molecule has 1 saturated heterocycles. The number of halogens is 1. The first kappa shape index (κ1) is 4.84. The molecule has 1 fully saturated rings. The number of nitrogens with two attached hydrogens (primary N) is 1. The van der Waals surface area contributed by atoms with Crippen LogP contribution in [-0.2, 0) is 0 Å². The molecule has 0 saturated carbocycles. The van der Waals surface area contributed by atoms with Gasteiger partial charge in [0.2, 0.25) is 0 Å². The Hall–Kier alpha value is 0.690. The summed E-state index contributed by atoms with van der Waals surface area (Å²) in [5, 5.41) is 2.42. The molecule has 0 unspecified atom stereocenters. The SMILES string of the molecule is C1C[I-]CC[NH2+]1. The molecule has 2 heteroatoms. The van der Waals surface area contributed by atoms with Gasteiger partial charge in [0.15, 0.2) is 0 Å². The Morgan fingerprint density at radius 1 is 1.17 bits per heavy atom. The summed E-state index contributed by atoms with van der Waals surface area (Å²) < 4.78 is 3.11. The first-order valence-corrected chi connectivity index (χ1v) is 5.40. The summed E-state index contributed by atoms with van der Waals surface area (Å²) in [5.74, 6) is 0. The van der Waals surface area contributed by atoms with Crippen LogP contribution in [0, 0.1) is 0 Å². The van der Waals surface area contributed by atoms with Gasteiger partial charge in [0.05, 0.1) is 0 Å². The molecule has 38 valence electrons. The fourth-order valence-corrected chi connectivity index (χ4v) is 2.85. The molecule has 0 spiro atoms. The van der Waals surface area contributed by atoms with Crippen molar-refractivity contribution in [2.45, 2.75) is 0 Å². The normalized spacial score (nSPS) is 25.3. The molecule has 0 aliphatic carbocycles. The van der Waals surface area contributed by atoms with Gasteiger partial charge in [0.25, 0.3) is 0 Å². The predicted molar refractivity (Wildman–Crippen MR) is 21.4 cm³/mol. The zero-order chi connectivity index (χ0) is 4.24. The van der Waals surface area contributed by atoms with E-state index >= 15 is 0 Å². The monoisotopic (exact) mass is 199 g/mol. The Balaban J connectivity index is 2.00. The number of alkyl halides is 2. The zero-order valence-corrected chi connectivity index (χ0v) is 5.94. The molecule has 1 aliphatic rings. The Labute approximate surface area is 48.8 Å². The second kappa shape index (κ2) is 2.80. The molecule has 1 nitrogen and oxygen atoms in total. The van der Waals surface area contributed by atoms with Gasteiger partial charge in [-0.2, -0.15) is 0 Å².